The van der Waals surface area contributed by atoms with Crippen LogP contribution in [0.5, 0.6) is 0 Å². The summed E-state index contributed by atoms with van der Waals surface area (Å²) in [6.45, 7) is 0.615. The first kappa shape index (κ1) is 18.1. The summed E-state index contributed by atoms with van der Waals surface area (Å²) in [5.74, 6) is -0.268. The minimum absolute atomic E-state index is 0.0136. The first-order valence-electron chi connectivity index (χ1n) is 7.68. The molecule has 0 radical (unpaired) electrons. The van der Waals surface area contributed by atoms with Crippen LogP contribution < -0.4 is 5.32 Å². The standard InChI is InChI=1S/C18H20BrN3O2/c1-22(10-7-14-5-8-20-9-6-14)18(24)13-21-17(23)12-15-3-2-4-16(19)11-15/h2-6,8-9,11H,7,10,12-13H2,1H3,(H,21,23). The highest BCUT2D eigenvalue weighted by Crippen LogP contribution is 2.11. The van der Waals surface area contributed by atoms with Crippen LogP contribution in [0, 0.1) is 0 Å². The minimum atomic E-state index is -0.163. The van der Waals surface area contributed by atoms with Gasteiger partial charge in [-0.15, -0.1) is 0 Å². The zero-order chi connectivity index (χ0) is 17.4. The van der Waals surface area contributed by atoms with Crippen LogP contribution in [-0.2, 0) is 22.4 Å². The lowest BCUT2D eigenvalue weighted by molar-refractivity contribution is -0.131. The molecule has 1 aromatic carbocycles. The maximum atomic E-state index is 12.1. The summed E-state index contributed by atoms with van der Waals surface area (Å²) >= 11 is 3.37. The fourth-order valence-electron chi connectivity index (χ4n) is 2.17. The maximum Gasteiger partial charge on any atom is 0.241 e. The lowest BCUT2D eigenvalue weighted by Gasteiger charge is -2.17. The van der Waals surface area contributed by atoms with Crippen LogP contribution in [-0.4, -0.2) is 41.8 Å². The minimum Gasteiger partial charge on any atom is -0.347 e. The molecule has 5 nitrogen and oxygen atoms in total. The third kappa shape index (κ3) is 6.12. The number of pyridine rings is 1. The topological polar surface area (TPSA) is 62.3 Å². The Labute approximate surface area is 150 Å². The number of rotatable bonds is 7. The highest BCUT2D eigenvalue weighted by molar-refractivity contribution is 9.10. The van der Waals surface area contributed by atoms with E-state index in [1.54, 1.807) is 24.3 Å². The van der Waals surface area contributed by atoms with Crippen LogP contribution in [0.1, 0.15) is 11.1 Å². The molecular formula is C18H20BrN3O2. The third-order valence-corrected chi connectivity index (χ3v) is 4.09. The van der Waals surface area contributed by atoms with Crippen LogP contribution in [0.25, 0.3) is 0 Å². The second-order valence-corrected chi connectivity index (χ2v) is 6.42. The number of hydrogen-bond acceptors (Lipinski definition) is 3. The zero-order valence-electron chi connectivity index (χ0n) is 13.5. The van der Waals surface area contributed by atoms with Crippen molar-refractivity contribution in [1.29, 1.82) is 0 Å². The lowest BCUT2D eigenvalue weighted by atomic mass is 10.1. The van der Waals surface area contributed by atoms with Crippen molar-refractivity contribution in [3.05, 3.63) is 64.4 Å². The molecule has 1 heterocycles. The second-order valence-electron chi connectivity index (χ2n) is 5.50. The molecule has 0 unspecified atom stereocenters. The number of nitrogens with one attached hydrogen (secondary N) is 1. The molecule has 0 fully saturated rings. The zero-order valence-corrected chi connectivity index (χ0v) is 15.1. The molecule has 2 aromatic rings. The Bertz CT molecular complexity index is 692. The summed E-state index contributed by atoms with van der Waals surface area (Å²) in [7, 11) is 1.74. The molecule has 6 heteroatoms. The summed E-state index contributed by atoms with van der Waals surface area (Å²) in [5, 5.41) is 2.67. The Morgan fingerprint density at radius 1 is 1.17 bits per heavy atom. The number of hydrogen-bond donors (Lipinski definition) is 1. The van der Waals surface area contributed by atoms with Crippen LogP contribution >= 0.6 is 15.9 Å². The summed E-state index contributed by atoms with van der Waals surface area (Å²) in [4.78, 5) is 29.6. The van der Waals surface area contributed by atoms with E-state index in [2.05, 4.69) is 26.2 Å². The molecule has 0 aliphatic carbocycles. The second kappa shape index (κ2) is 9.17. The number of benzene rings is 1. The molecule has 0 saturated heterocycles. The highest BCUT2D eigenvalue weighted by atomic mass is 79.9. The van der Waals surface area contributed by atoms with Crippen molar-refractivity contribution < 1.29 is 9.59 Å². The summed E-state index contributed by atoms with van der Waals surface area (Å²) in [6, 6.07) is 11.4. The van der Waals surface area contributed by atoms with E-state index in [1.165, 1.54) is 0 Å². The Morgan fingerprint density at radius 3 is 2.62 bits per heavy atom. The van der Waals surface area contributed by atoms with Gasteiger partial charge in [0, 0.05) is 30.5 Å². The molecule has 0 atom stereocenters. The van der Waals surface area contributed by atoms with Gasteiger partial charge in [0.1, 0.15) is 0 Å². The van der Waals surface area contributed by atoms with Gasteiger partial charge in [-0.05, 0) is 41.8 Å². The van der Waals surface area contributed by atoms with E-state index in [1.807, 2.05) is 36.4 Å². The van der Waals surface area contributed by atoms with Gasteiger partial charge >= 0.3 is 0 Å². The number of nitrogens with zero attached hydrogens (tertiary/aromatic N) is 2. The number of aromatic nitrogens is 1. The van der Waals surface area contributed by atoms with E-state index in [-0.39, 0.29) is 24.8 Å². The molecule has 1 aromatic heterocycles. The summed E-state index contributed by atoms with van der Waals surface area (Å²) < 4.78 is 0.930. The van der Waals surface area contributed by atoms with Crippen molar-refractivity contribution in [3.8, 4) is 0 Å². The summed E-state index contributed by atoms with van der Waals surface area (Å²) in [6.07, 6.45) is 4.49. The van der Waals surface area contributed by atoms with Crippen molar-refractivity contribution in [3.63, 3.8) is 0 Å². The number of carbonyl (C=O) groups is 2. The van der Waals surface area contributed by atoms with E-state index in [4.69, 9.17) is 0 Å². The highest BCUT2D eigenvalue weighted by Gasteiger charge is 2.11. The van der Waals surface area contributed by atoms with Crippen molar-refractivity contribution in [1.82, 2.24) is 15.2 Å². The summed E-state index contributed by atoms with van der Waals surface area (Å²) in [5.41, 5.74) is 2.03. The van der Waals surface area contributed by atoms with Gasteiger partial charge in [0.2, 0.25) is 11.8 Å². The number of amides is 2. The Balaban J connectivity index is 1.72. The van der Waals surface area contributed by atoms with Gasteiger partial charge in [0.25, 0.3) is 0 Å². The molecule has 2 rings (SSSR count). The number of halogens is 1. The average Bonchev–Trinajstić information content (AvgIpc) is 2.58. The molecule has 0 bridgehead atoms. The Morgan fingerprint density at radius 2 is 1.92 bits per heavy atom. The molecule has 1 N–H and O–H groups in total. The Kier molecular flexibility index (Phi) is 6.93. The molecule has 0 spiro atoms. The van der Waals surface area contributed by atoms with Gasteiger partial charge in [-0.3, -0.25) is 14.6 Å². The molecular weight excluding hydrogens is 370 g/mol. The van der Waals surface area contributed by atoms with E-state index in [9.17, 15) is 9.59 Å². The van der Waals surface area contributed by atoms with E-state index < -0.39 is 0 Å². The fourth-order valence-corrected chi connectivity index (χ4v) is 2.62. The SMILES string of the molecule is CN(CCc1ccncc1)C(=O)CNC(=O)Cc1cccc(Br)c1. The monoisotopic (exact) mass is 389 g/mol. The molecule has 0 aliphatic rings. The van der Waals surface area contributed by atoms with Gasteiger partial charge in [-0.1, -0.05) is 28.1 Å². The first-order valence-corrected chi connectivity index (χ1v) is 8.48. The predicted molar refractivity (Wildman–Crippen MR) is 96.4 cm³/mol. The molecule has 2 amide bonds. The van der Waals surface area contributed by atoms with Crippen molar-refractivity contribution >= 4 is 27.7 Å². The van der Waals surface area contributed by atoms with Gasteiger partial charge in [-0.2, -0.15) is 0 Å². The van der Waals surface area contributed by atoms with E-state index >= 15 is 0 Å². The largest absolute Gasteiger partial charge is 0.347 e. The normalized spacial score (nSPS) is 10.2. The predicted octanol–water partition coefficient (Wildman–Crippen LogP) is 2.20. The van der Waals surface area contributed by atoms with Crippen LogP contribution in [0.3, 0.4) is 0 Å². The molecule has 0 aliphatic heterocycles. The lowest BCUT2D eigenvalue weighted by Crippen LogP contribution is -2.39. The van der Waals surface area contributed by atoms with Crippen LogP contribution in [0.2, 0.25) is 0 Å². The van der Waals surface area contributed by atoms with Gasteiger partial charge in [0.05, 0.1) is 13.0 Å². The number of likely N-dealkylation sites (N-methyl/N-ethyl adjacent to an activating group) is 1. The van der Waals surface area contributed by atoms with E-state index in [0.717, 1.165) is 22.0 Å². The molecule has 126 valence electrons. The quantitative estimate of drug-likeness (QED) is 0.789. The van der Waals surface area contributed by atoms with Gasteiger partial charge < -0.3 is 10.2 Å². The molecule has 0 saturated carbocycles. The van der Waals surface area contributed by atoms with E-state index in [0.29, 0.717) is 6.54 Å². The first-order chi connectivity index (χ1) is 11.5. The van der Waals surface area contributed by atoms with Crippen molar-refractivity contribution in [2.24, 2.45) is 0 Å². The van der Waals surface area contributed by atoms with Crippen LogP contribution in [0.4, 0.5) is 0 Å². The molecule has 24 heavy (non-hydrogen) atoms. The fraction of sp³-hybridized carbons (Fsp3) is 0.278. The number of carbonyl (C=O) groups excluding carboxylic acids is 2. The smallest absolute Gasteiger partial charge is 0.241 e. The average molecular weight is 390 g/mol. The van der Waals surface area contributed by atoms with Crippen molar-refractivity contribution in [2.45, 2.75) is 12.8 Å². The van der Waals surface area contributed by atoms with Crippen molar-refractivity contribution in [2.75, 3.05) is 20.1 Å². The Hall–Kier alpha value is -2.21. The van der Waals surface area contributed by atoms with Gasteiger partial charge in [-0.25, -0.2) is 0 Å². The maximum absolute atomic E-state index is 12.1. The van der Waals surface area contributed by atoms with Crippen LogP contribution in [0.15, 0.2) is 53.3 Å². The third-order valence-electron chi connectivity index (χ3n) is 3.60. The van der Waals surface area contributed by atoms with Gasteiger partial charge in [0.15, 0.2) is 0 Å².